The van der Waals surface area contributed by atoms with Crippen molar-refractivity contribution in [1.29, 1.82) is 0 Å². The van der Waals surface area contributed by atoms with E-state index < -0.39 is 34.1 Å². The Morgan fingerprint density at radius 1 is 0.809 bits per heavy atom. The van der Waals surface area contributed by atoms with Crippen LogP contribution in [0.4, 0.5) is 5.69 Å². The van der Waals surface area contributed by atoms with Crippen LogP contribution in [0.2, 0.25) is 0 Å². The second-order valence-electron chi connectivity index (χ2n) is 15.5. The Hall–Kier alpha value is -3.65. The molecular weight excluding hydrogens is 607 g/mol. The summed E-state index contributed by atoms with van der Waals surface area (Å²) >= 11 is 0. The minimum absolute atomic E-state index is 0.164. The molecule has 47 heavy (non-hydrogen) atoms. The minimum atomic E-state index is -3.83. The molecule has 3 aromatic rings. The number of hydrogen-bond donors (Lipinski definition) is 1. The maximum atomic E-state index is 14.4. The summed E-state index contributed by atoms with van der Waals surface area (Å²) in [5.74, 6) is 1.70. The van der Waals surface area contributed by atoms with Crippen LogP contribution in [-0.4, -0.2) is 49.5 Å². The summed E-state index contributed by atoms with van der Waals surface area (Å²) in [4.78, 5) is 29.9. The average molecular weight is 656 g/mol. The van der Waals surface area contributed by atoms with Crippen LogP contribution in [-0.2, 0) is 38.0 Å². The van der Waals surface area contributed by atoms with Crippen LogP contribution in [0.15, 0.2) is 84.9 Å². The number of amides is 2. The van der Waals surface area contributed by atoms with E-state index in [1.807, 2.05) is 93.6 Å². The topological polar surface area (TPSA) is 86.8 Å². The van der Waals surface area contributed by atoms with Crippen LogP contribution in [0.1, 0.15) is 76.0 Å². The van der Waals surface area contributed by atoms with E-state index in [2.05, 4.69) is 17.4 Å². The molecule has 4 aliphatic rings. The summed E-state index contributed by atoms with van der Waals surface area (Å²) in [6, 6.07) is 26.2. The smallest absolute Gasteiger partial charge is 0.244 e. The molecule has 0 saturated heterocycles. The van der Waals surface area contributed by atoms with Gasteiger partial charge in [0.25, 0.3) is 0 Å². The molecule has 4 saturated carbocycles. The number of anilines is 1. The van der Waals surface area contributed by atoms with Crippen LogP contribution in [0.25, 0.3) is 0 Å². The third-order valence-corrected chi connectivity index (χ3v) is 11.6. The van der Waals surface area contributed by atoms with Crippen LogP contribution in [0.3, 0.4) is 0 Å². The molecule has 0 aliphatic heterocycles. The zero-order valence-corrected chi connectivity index (χ0v) is 29.0. The average Bonchev–Trinajstić information content (AvgIpc) is 3.00. The molecule has 7 nitrogen and oxygen atoms in total. The van der Waals surface area contributed by atoms with E-state index in [0.717, 1.165) is 35.1 Å². The van der Waals surface area contributed by atoms with Gasteiger partial charge < -0.3 is 10.2 Å². The molecule has 0 unspecified atom stereocenters. The molecule has 0 aromatic heterocycles. The number of nitrogens with zero attached hydrogens (tertiary/aromatic N) is 2. The molecule has 8 heteroatoms. The van der Waals surface area contributed by atoms with E-state index in [-0.39, 0.29) is 17.9 Å². The second kappa shape index (κ2) is 13.1. The van der Waals surface area contributed by atoms with E-state index in [0.29, 0.717) is 12.1 Å². The lowest BCUT2D eigenvalue weighted by Crippen LogP contribution is -2.56. The van der Waals surface area contributed by atoms with Crippen molar-refractivity contribution in [2.75, 3.05) is 17.1 Å². The quantitative estimate of drug-likeness (QED) is 0.257. The molecule has 250 valence electrons. The third-order valence-electron chi connectivity index (χ3n) is 10.5. The van der Waals surface area contributed by atoms with Gasteiger partial charge in [0.05, 0.1) is 11.9 Å². The summed E-state index contributed by atoms with van der Waals surface area (Å²) in [5.41, 5.74) is 3.20. The molecule has 1 atom stereocenters. The maximum Gasteiger partial charge on any atom is 0.244 e. The monoisotopic (exact) mass is 655 g/mol. The molecule has 0 spiro atoms. The normalized spacial score (nSPS) is 24.0. The van der Waals surface area contributed by atoms with E-state index in [9.17, 15) is 18.0 Å². The first-order chi connectivity index (χ1) is 22.3. The van der Waals surface area contributed by atoms with Gasteiger partial charge >= 0.3 is 0 Å². The van der Waals surface area contributed by atoms with Crippen LogP contribution < -0.4 is 9.62 Å². The van der Waals surface area contributed by atoms with Gasteiger partial charge in [-0.3, -0.25) is 13.9 Å². The molecule has 4 fully saturated rings. The molecule has 3 aromatic carbocycles. The highest BCUT2D eigenvalue weighted by molar-refractivity contribution is 7.92. The highest BCUT2D eigenvalue weighted by atomic mass is 32.2. The van der Waals surface area contributed by atoms with Crippen molar-refractivity contribution in [3.8, 4) is 0 Å². The van der Waals surface area contributed by atoms with E-state index in [1.54, 1.807) is 4.90 Å². The van der Waals surface area contributed by atoms with Crippen molar-refractivity contribution in [2.45, 2.75) is 89.3 Å². The lowest BCUT2D eigenvalue weighted by molar-refractivity contribution is -0.140. The Balaban J connectivity index is 1.30. The van der Waals surface area contributed by atoms with Crippen LogP contribution >= 0.6 is 0 Å². The van der Waals surface area contributed by atoms with E-state index >= 15 is 0 Å². The van der Waals surface area contributed by atoms with E-state index in [4.69, 9.17) is 0 Å². The number of rotatable bonds is 11. The number of nitrogens with one attached hydrogen (secondary N) is 1. The molecule has 0 radical (unpaired) electrons. The Morgan fingerprint density at radius 3 is 1.81 bits per heavy atom. The van der Waals surface area contributed by atoms with Gasteiger partial charge in [0.15, 0.2) is 0 Å². The predicted molar refractivity (Wildman–Crippen MR) is 187 cm³/mol. The number of benzene rings is 3. The zero-order valence-electron chi connectivity index (χ0n) is 28.2. The number of sulfonamides is 1. The van der Waals surface area contributed by atoms with Gasteiger partial charge in [-0.25, -0.2) is 8.42 Å². The third kappa shape index (κ3) is 7.75. The van der Waals surface area contributed by atoms with Crippen molar-refractivity contribution in [1.82, 2.24) is 10.2 Å². The first-order valence-electron chi connectivity index (χ1n) is 17.1. The summed E-state index contributed by atoms with van der Waals surface area (Å²) < 4.78 is 27.8. The van der Waals surface area contributed by atoms with Crippen molar-refractivity contribution < 1.29 is 18.0 Å². The summed E-state index contributed by atoms with van der Waals surface area (Å²) in [6.07, 6.45) is 9.18. The predicted octanol–water partition coefficient (Wildman–Crippen LogP) is 6.48. The van der Waals surface area contributed by atoms with Gasteiger partial charge in [0, 0.05) is 18.5 Å². The molecule has 1 N–H and O–H groups in total. The maximum absolute atomic E-state index is 14.4. The molecule has 4 aliphatic carbocycles. The number of carbonyl (C=O) groups is 2. The molecule has 7 rings (SSSR count). The second-order valence-corrected chi connectivity index (χ2v) is 17.4. The Bertz CT molecular complexity index is 1630. The summed E-state index contributed by atoms with van der Waals surface area (Å²) in [6.45, 7) is 5.48. The Kier molecular flexibility index (Phi) is 9.27. The summed E-state index contributed by atoms with van der Waals surface area (Å²) in [7, 11) is -3.83. The molecule has 0 heterocycles. The SMILES string of the molecule is CC(C)(C)NC(=O)[C@@H](Cc1ccccc1)N(Cc1ccccc1)C(=O)CN(c1ccc(C23CC4CC(CC(C4)C2)C3)cc1)S(C)(=O)=O. The number of carbonyl (C=O) groups excluding carboxylic acids is 2. The highest BCUT2D eigenvalue weighted by Crippen LogP contribution is 2.60. The molecule has 4 bridgehead atoms. The van der Waals surface area contributed by atoms with Gasteiger partial charge in [-0.1, -0.05) is 72.8 Å². The van der Waals surface area contributed by atoms with Gasteiger partial charge in [-0.15, -0.1) is 0 Å². The summed E-state index contributed by atoms with van der Waals surface area (Å²) in [5, 5.41) is 3.07. The Morgan fingerprint density at radius 2 is 1.32 bits per heavy atom. The Labute approximate surface area is 280 Å². The highest BCUT2D eigenvalue weighted by Gasteiger charge is 2.51. The largest absolute Gasteiger partial charge is 0.350 e. The molecular formula is C39H49N3O4S. The van der Waals surface area contributed by atoms with Crippen LogP contribution in [0.5, 0.6) is 0 Å². The fourth-order valence-corrected chi connectivity index (χ4v) is 9.70. The molecule has 2 amide bonds. The fourth-order valence-electron chi connectivity index (χ4n) is 8.85. The van der Waals surface area contributed by atoms with Crippen LogP contribution in [0, 0.1) is 17.8 Å². The van der Waals surface area contributed by atoms with Crippen molar-refractivity contribution in [3.63, 3.8) is 0 Å². The van der Waals surface area contributed by atoms with Crippen molar-refractivity contribution >= 4 is 27.5 Å². The van der Waals surface area contributed by atoms with Gasteiger partial charge in [-0.2, -0.15) is 0 Å². The first-order valence-corrected chi connectivity index (χ1v) is 18.9. The van der Waals surface area contributed by atoms with Crippen molar-refractivity contribution in [3.05, 3.63) is 102 Å². The fraction of sp³-hybridized carbons (Fsp3) is 0.487. The van der Waals surface area contributed by atoms with E-state index in [1.165, 1.54) is 48.4 Å². The standard InChI is InChI=1S/C39H49N3O4S/c1-38(2,3)40-37(44)35(22-28-11-7-5-8-12-28)41(26-29-13-9-6-10-14-29)36(43)27-42(47(4,45)46)34-17-15-33(16-18-34)39-23-30-19-31(24-39)21-32(20-30)25-39/h5-18,30-32,35H,19-27H2,1-4H3,(H,40,44)/t30?,31?,32?,35-,39?/m1/s1. The zero-order chi connectivity index (χ0) is 33.4. The van der Waals surface area contributed by atoms with Gasteiger partial charge in [-0.05, 0) is 111 Å². The lowest BCUT2D eigenvalue weighted by Gasteiger charge is -2.57. The minimum Gasteiger partial charge on any atom is -0.350 e. The van der Waals surface area contributed by atoms with Gasteiger partial charge in [0.2, 0.25) is 21.8 Å². The first kappa shape index (κ1) is 33.3. The van der Waals surface area contributed by atoms with Gasteiger partial charge in [0.1, 0.15) is 12.6 Å². The van der Waals surface area contributed by atoms with Crippen molar-refractivity contribution in [2.24, 2.45) is 17.8 Å². The number of hydrogen-bond acceptors (Lipinski definition) is 4. The lowest BCUT2D eigenvalue weighted by atomic mass is 9.48.